The molecule has 3 heterocycles. The molecule has 34 heavy (non-hydrogen) atoms. The average molecular weight is 466 g/mol. The molecule has 3 aromatic rings. The molecule has 1 aliphatic heterocycles. The Hall–Kier alpha value is -4.01. The Bertz CT molecular complexity index is 1210. The quantitative estimate of drug-likeness (QED) is 0.330. The second kappa shape index (κ2) is 9.86. The molecule has 0 bridgehead atoms. The van der Waals surface area contributed by atoms with Gasteiger partial charge in [0.2, 0.25) is 5.78 Å². The molecule has 0 saturated carbocycles. The van der Waals surface area contributed by atoms with Crippen LogP contribution in [0.15, 0.2) is 62.9 Å². The zero-order valence-electron chi connectivity index (χ0n) is 19.2. The highest BCUT2D eigenvalue weighted by molar-refractivity contribution is 6.19. The molecule has 1 unspecified atom stereocenters. The van der Waals surface area contributed by atoms with Crippen molar-refractivity contribution in [2.75, 3.05) is 18.6 Å². The van der Waals surface area contributed by atoms with E-state index in [-0.39, 0.29) is 17.2 Å². The van der Waals surface area contributed by atoms with Crippen LogP contribution in [-0.4, -0.2) is 35.7 Å². The molecule has 1 aliphatic rings. The maximum absolute atomic E-state index is 13.3. The van der Waals surface area contributed by atoms with Gasteiger partial charge in [0.25, 0.3) is 5.91 Å². The lowest BCUT2D eigenvalue weighted by molar-refractivity contribution is -0.117. The molecule has 0 aliphatic carbocycles. The molecule has 1 amide bonds. The number of aromatic nitrogens is 1. The maximum Gasteiger partial charge on any atom is 0.295 e. The number of hydrogen-bond donors (Lipinski definition) is 1. The Balaban J connectivity index is 1.77. The standard InChI is InChI=1S/C25H26N2O7/c1-4-5-6-11-32-17-10-9-16(14-19(17)31-3)22-21(23(28)18-8-7-12-33-18)24(29)25(30)27(22)20-13-15(2)34-26-20/h7-10,12-14,22,29H,4-6,11H2,1-3H3. The third-order valence-electron chi connectivity index (χ3n) is 5.57. The van der Waals surface area contributed by atoms with E-state index in [0.717, 1.165) is 19.3 Å². The van der Waals surface area contributed by atoms with Crippen molar-refractivity contribution in [2.45, 2.75) is 39.2 Å². The Labute approximate surface area is 196 Å². The van der Waals surface area contributed by atoms with E-state index in [1.807, 2.05) is 0 Å². The van der Waals surface area contributed by atoms with Crippen LogP contribution in [0.1, 0.15) is 54.1 Å². The molecule has 2 aromatic heterocycles. The van der Waals surface area contributed by atoms with E-state index in [0.29, 0.717) is 29.4 Å². The zero-order valence-corrected chi connectivity index (χ0v) is 19.2. The van der Waals surface area contributed by atoms with Gasteiger partial charge in [-0.05, 0) is 43.2 Å². The van der Waals surface area contributed by atoms with Crippen molar-refractivity contribution in [1.82, 2.24) is 5.16 Å². The molecule has 0 fully saturated rings. The van der Waals surface area contributed by atoms with E-state index in [1.165, 1.54) is 24.3 Å². The number of benzene rings is 1. The number of nitrogens with zero attached hydrogens (tertiary/aromatic N) is 2. The van der Waals surface area contributed by atoms with Crippen molar-refractivity contribution < 1.29 is 33.1 Å². The van der Waals surface area contributed by atoms with Gasteiger partial charge >= 0.3 is 0 Å². The SMILES string of the molecule is CCCCCOc1ccc(C2C(C(=O)c3ccco3)=C(O)C(=O)N2c2cc(C)on2)cc1OC. The number of anilines is 1. The van der Waals surface area contributed by atoms with Crippen molar-refractivity contribution in [3.8, 4) is 11.5 Å². The molecule has 1 N–H and O–H groups in total. The normalized spacial score (nSPS) is 15.8. The summed E-state index contributed by atoms with van der Waals surface area (Å²) in [6.45, 7) is 4.34. The largest absolute Gasteiger partial charge is 0.503 e. The molecule has 178 valence electrons. The lowest BCUT2D eigenvalue weighted by Gasteiger charge is -2.25. The number of ether oxygens (including phenoxy) is 2. The lowest BCUT2D eigenvalue weighted by Crippen LogP contribution is -2.31. The number of carbonyl (C=O) groups excluding carboxylic acids is 2. The predicted octanol–water partition coefficient (Wildman–Crippen LogP) is 4.94. The maximum atomic E-state index is 13.3. The second-order valence-corrected chi connectivity index (χ2v) is 7.91. The summed E-state index contributed by atoms with van der Waals surface area (Å²) in [5, 5.41) is 14.7. The molecular weight excluding hydrogens is 440 g/mol. The zero-order chi connectivity index (χ0) is 24.2. The van der Waals surface area contributed by atoms with Crippen LogP contribution in [0, 0.1) is 6.92 Å². The number of aryl methyl sites for hydroxylation is 1. The lowest BCUT2D eigenvalue weighted by atomic mass is 9.94. The van der Waals surface area contributed by atoms with E-state index < -0.39 is 23.5 Å². The number of furan rings is 1. The number of carbonyl (C=O) groups is 2. The van der Waals surface area contributed by atoms with Crippen LogP contribution in [0.5, 0.6) is 11.5 Å². The smallest absolute Gasteiger partial charge is 0.295 e. The first kappa shape index (κ1) is 23.2. The number of aliphatic hydroxyl groups excluding tert-OH is 1. The number of rotatable bonds is 10. The topological polar surface area (TPSA) is 115 Å². The molecule has 0 radical (unpaired) electrons. The molecule has 1 aromatic carbocycles. The highest BCUT2D eigenvalue weighted by Gasteiger charge is 2.46. The van der Waals surface area contributed by atoms with Gasteiger partial charge in [0.05, 0.1) is 31.6 Å². The predicted molar refractivity (Wildman–Crippen MR) is 122 cm³/mol. The van der Waals surface area contributed by atoms with Gasteiger partial charge in [-0.25, -0.2) is 0 Å². The number of unbranched alkanes of at least 4 members (excludes halogenated alkanes) is 2. The van der Waals surface area contributed by atoms with Gasteiger partial charge in [0.1, 0.15) is 5.76 Å². The third-order valence-corrected chi connectivity index (χ3v) is 5.57. The molecule has 0 saturated heterocycles. The first-order valence-corrected chi connectivity index (χ1v) is 11.0. The second-order valence-electron chi connectivity index (χ2n) is 7.91. The summed E-state index contributed by atoms with van der Waals surface area (Å²) in [6.07, 6.45) is 4.40. The van der Waals surface area contributed by atoms with Gasteiger partial charge in [-0.1, -0.05) is 31.0 Å². The van der Waals surface area contributed by atoms with E-state index >= 15 is 0 Å². The Morgan fingerprint density at radius 1 is 1.21 bits per heavy atom. The first-order chi connectivity index (χ1) is 16.5. The summed E-state index contributed by atoms with van der Waals surface area (Å²) in [4.78, 5) is 27.6. The van der Waals surface area contributed by atoms with Crippen LogP contribution >= 0.6 is 0 Å². The van der Waals surface area contributed by atoms with E-state index in [9.17, 15) is 14.7 Å². The van der Waals surface area contributed by atoms with Gasteiger partial charge in [0.15, 0.2) is 28.8 Å². The third kappa shape index (κ3) is 4.28. The van der Waals surface area contributed by atoms with Crippen LogP contribution in [0.25, 0.3) is 0 Å². The van der Waals surface area contributed by atoms with Crippen LogP contribution in [0.4, 0.5) is 5.82 Å². The van der Waals surface area contributed by atoms with Crippen molar-refractivity contribution in [1.29, 1.82) is 0 Å². The summed E-state index contributed by atoms with van der Waals surface area (Å²) in [7, 11) is 1.51. The molecular formula is C25H26N2O7. The van der Waals surface area contributed by atoms with Gasteiger partial charge < -0.3 is 23.5 Å². The number of amides is 1. The van der Waals surface area contributed by atoms with Crippen molar-refractivity contribution in [3.05, 3.63) is 71.1 Å². The minimum Gasteiger partial charge on any atom is -0.503 e. The van der Waals surface area contributed by atoms with Crippen molar-refractivity contribution in [2.24, 2.45) is 0 Å². The fraction of sp³-hybridized carbons (Fsp3) is 0.320. The molecule has 9 nitrogen and oxygen atoms in total. The average Bonchev–Trinajstić information content (AvgIpc) is 3.57. The van der Waals surface area contributed by atoms with Gasteiger partial charge in [-0.2, -0.15) is 0 Å². The summed E-state index contributed by atoms with van der Waals surface area (Å²) < 4.78 is 21.8. The fourth-order valence-corrected chi connectivity index (χ4v) is 3.90. The van der Waals surface area contributed by atoms with E-state index in [2.05, 4.69) is 12.1 Å². The minimum absolute atomic E-state index is 0.000348. The van der Waals surface area contributed by atoms with Crippen molar-refractivity contribution in [3.63, 3.8) is 0 Å². The van der Waals surface area contributed by atoms with Crippen LogP contribution in [0.2, 0.25) is 0 Å². The van der Waals surface area contributed by atoms with Crippen LogP contribution in [-0.2, 0) is 4.79 Å². The summed E-state index contributed by atoms with van der Waals surface area (Å²) in [5.41, 5.74) is 0.394. The molecule has 1 atom stereocenters. The highest BCUT2D eigenvalue weighted by atomic mass is 16.5. The summed E-state index contributed by atoms with van der Waals surface area (Å²) in [5.74, 6) is -0.433. The van der Waals surface area contributed by atoms with Gasteiger partial charge in [-0.15, -0.1) is 0 Å². The Morgan fingerprint density at radius 2 is 2.03 bits per heavy atom. The Morgan fingerprint density at radius 3 is 2.68 bits per heavy atom. The Kier molecular flexibility index (Phi) is 6.72. The summed E-state index contributed by atoms with van der Waals surface area (Å²) >= 11 is 0. The molecule has 4 rings (SSSR count). The minimum atomic E-state index is -0.988. The monoisotopic (exact) mass is 466 g/mol. The number of Topliss-reactive ketones (excluding diaryl/α,β-unsaturated/α-hetero) is 1. The number of ketones is 1. The molecule has 9 heteroatoms. The van der Waals surface area contributed by atoms with Gasteiger partial charge in [0, 0.05) is 6.07 Å². The number of hydrogen-bond acceptors (Lipinski definition) is 8. The number of aliphatic hydroxyl groups is 1. The highest BCUT2D eigenvalue weighted by Crippen LogP contribution is 2.43. The van der Waals surface area contributed by atoms with E-state index in [4.69, 9.17) is 18.4 Å². The van der Waals surface area contributed by atoms with Crippen LogP contribution in [0.3, 0.4) is 0 Å². The fourth-order valence-electron chi connectivity index (χ4n) is 3.90. The van der Waals surface area contributed by atoms with Crippen LogP contribution < -0.4 is 14.4 Å². The van der Waals surface area contributed by atoms with Gasteiger partial charge in [-0.3, -0.25) is 14.5 Å². The summed E-state index contributed by atoms with van der Waals surface area (Å²) in [6, 6.07) is 8.73. The van der Waals surface area contributed by atoms with Crippen molar-refractivity contribution >= 4 is 17.5 Å². The molecule has 0 spiro atoms. The van der Waals surface area contributed by atoms with E-state index in [1.54, 1.807) is 37.3 Å². The first-order valence-electron chi connectivity index (χ1n) is 11.0. The number of methoxy groups -OCH3 is 1.